The van der Waals surface area contributed by atoms with Crippen molar-refractivity contribution < 1.29 is 18.9 Å². The van der Waals surface area contributed by atoms with E-state index in [9.17, 15) is 0 Å². The van der Waals surface area contributed by atoms with Gasteiger partial charge in [-0.1, -0.05) is 0 Å². The van der Waals surface area contributed by atoms with E-state index in [-0.39, 0.29) is 6.79 Å². The number of hydrogen-bond acceptors (Lipinski definition) is 5. The van der Waals surface area contributed by atoms with Gasteiger partial charge in [-0.3, -0.25) is 0 Å². The Labute approximate surface area is 133 Å². The molecule has 2 bridgehead atoms. The van der Waals surface area contributed by atoms with Crippen LogP contribution in [-0.4, -0.2) is 35.7 Å². The second-order valence-corrected chi connectivity index (χ2v) is 6.25. The maximum atomic E-state index is 6.00. The van der Waals surface area contributed by atoms with Gasteiger partial charge in [0.1, 0.15) is 5.82 Å². The van der Waals surface area contributed by atoms with E-state index in [1.165, 1.54) is 6.42 Å². The zero-order chi connectivity index (χ0) is 15.4. The summed E-state index contributed by atoms with van der Waals surface area (Å²) in [6, 6.07) is 4.29. The quantitative estimate of drug-likeness (QED) is 0.872. The normalized spacial score (nSPS) is 27.6. The Morgan fingerprint density at radius 2 is 2.22 bits per heavy atom. The fraction of sp³-hybridized carbons (Fsp3) is 0.471. The maximum Gasteiger partial charge on any atom is 0.231 e. The summed E-state index contributed by atoms with van der Waals surface area (Å²) < 4.78 is 24.7. The number of methoxy groups -OCH3 is 1. The lowest BCUT2D eigenvalue weighted by atomic mass is 9.95. The van der Waals surface area contributed by atoms with E-state index in [1.807, 2.05) is 24.5 Å². The highest BCUT2D eigenvalue weighted by atomic mass is 16.7. The van der Waals surface area contributed by atoms with Crippen LogP contribution in [-0.2, 0) is 4.74 Å². The SMILES string of the molecule is COc1cc(-c2nccn2[C@@H]2C[C@@H]3CC[C@H]2O3)cc2c1OCO2. The van der Waals surface area contributed by atoms with Crippen molar-refractivity contribution in [1.82, 2.24) is 9.55 Å². The molecule has 6 nitrogen and oxygen atoms in total. The molecule has 3 atom stereocenters. The molecule has 0 unspecified atom stereocenters. The molecule has 23 heavy (non-hydrogen) atoms. The summed E-state index contributed by atoms with van der Waals surface area (Å²) >= 11 is 0. The highest BCUT2D eigenvalue weighted by Gasteiger charge is 2.42. The number of hydrogen-bond donors (Lipinski definition) is 0. The van der Waals surface area contributed by atoms with E-state index in [1.54, 1.807) is 7.11 Å². The van der Waals surface area contributed by atoms with Crippen molar-refractivity contribution in [1.29, 1.82) is 0 Å². The molecular weight excluding hydrogens is 296 g/mol. The van der Waals surface area contributed by atoms with Gasteiger partial charge in [-0.15, -0.1) is 0 Å². The molecule has 2 fully saturated rings. The van der Waals surface area contributed by atoms with Crippen LogP contribution in [0.2, 0.25) is 0 Å². The first kappa shape index (κ1) is 13.2. The Balaban J connectivity index is 1.57. The molecule has 1 aromatic carbocycles. The average molecular weight is 314 g/mol. The second kappa shape index (κ2) is 4.89. The molecule has 4 heterocycles. The van der Waals surface area contributed by atoms with E-state index < -0.39 is 0 Å². The summed E-state index contributed by atoms with van der Waals surface area (Å²) in [7, 11) is 1.64. The summed E-state index contributed by atoms with van der Waals surface area (Å²) in [5.74, 6) is 2.96. The molecule has 5 rings (SSSR count). The molecule has 3 aliphatic rings. The third-order valence-electron chi connectivity index (χ3n) is 5.02. The number of rotatable bonds is 3. The van der Waals surface area contributed by atoms with Crippen LogP contribution in [0.3, 0.4) is 0 Å². The third kappa shape index (κ3) is 1.94. The van der Waals surface area contributed by atoms with Gasteiger partial charge in [0.05, 0.1) is 25.4 Å². The van der Waals surface area contributed by atoms with Gasteiger partial charge < -0.3 is 23.5 Å². The van der Waals surface area contributed by atoms with Gasteiger partial charge in [-0.25, -0.2) is 4.98 Å². The second-order valence-electron chi connectivity index (χ2n) is 6.25. The van der Waals surface area contributed by atoms with E-state index in [0.717, 1.165) is 24.2 Å². The predicted molar refractivity (Wildman–Crippen MR) is 81.9 cm³/mol. The first-order valence-corrected chi connectivity index (χ1v) is 8.00. The van der Waals surface area contributed by atoms with E-state index in [0.29, 0.717) is 35.5 Å². The number of fused-ring (bicyclic) bond motifs is 3. The fourth-order valence-electron chi connectivity index (χ4n) is 3.97. The van der Waals surface area contributed by atoms with Crippen molar-refractivity contribution >= 4 is 0 Å². The van der Waals surface area contributed by atoms with Crippen LogP contribution < -0.4 is 14.2 Å². The van der Waals surface area contributed by atoms with Crippen LogP contribution in [0.5, 0.6) is 17.2 Å². The summed E-state index contributed by atoms with van der Waals surface area (Å²) in [5.41, 5.74) is 0.971. The number of aromatic nitrogens is 2. The minimum Gasteiger partial charge on any atom is -0.493 e. The van der Waals surface area contributed by atoms with Gasteiger partial charge in [0.2, 0.25) is 12.5 Å². The van der Waals surface area contributed by atoms with E-state index in [4.69, 9.17) is 18.9 Å². The lowest BCUT2D eigenvalue weighted by molar-refractivity contribution is 0.0940. The molecule has 0 aliphatic carbocycles. The van der Waals surface area contributed by atoms with Crippen molar-refractivity contribution in [3.63, 3.8) is 0 Å². The smallest absolute Gasteiger partial charge is 0.231 e. The van der Waals surface area contributed by atoms with Gasteiger partial charge >= 0.3 is 0 Å². The van der Waals surface area contributed by atoms with Crippen LogP contribution in [0.1, 0.15) is 25.3 Å². The largest absolute Gasteiger partial charge is 0.493 e. The molecular formula is C17H18N2O4. The summed E-state index contributed by atoms with van der Waals surface area (Å²) in [5, 5.41) is 0. The lowest BCUT2D eigenvalue weighted by Crippen LogP contribution is -2.21. The van der Waals surface area contributed by atoms with Gasteiger partial charge in [-0.2, -0.15) is 0 Å². The molecule has 0 amide bonds. The highest BCUT2D eigenvalue weighted by molar-refractivity contribution is 5.67. The summed E-state index contributed by atoms with van der Waals surface area (Å²) in [4.78, 5) is 4.57. The molecule has 120 valence electrons. The Bertz CT molecular complexity index is 757. The van der Waals surface area contributed by atoms with Crippen molar-refractivity contribution in [3.8, 4) is 28.6 Å². The molecule has 2 saturated heterocycles. The highest BCUT2D eigenvalue weighted by Crippen LogP contribution is 2.46. The van der Waals surface area contributed by atoms with E-state index in [2.05, 4.69) is 9.55 Å². The third-order valence-corrected chi connectivity index (χ3v) is 5.02. The zero-order valence-electron chi connectivity index (χ0n) is 12.9. The maximum absolute atomic E-state index is 6.00. The Hall–Kier alpha value is -2.21. The summed E-state index contributed by atoms with van der Waals surface area (Å²) in [6.07, 6.45) is 7.99. The molecule has 0 radical (unpaired) electrons. The Kier molecular flexibility index (Phi) is 2.82. The standard InChI is InChI=1S/C17H18N2O4/c1-20-14-6-10(7-15-16(14)22-9-21-15)17-18-4-5-19(17)12-8-11-2-3-13(12)23-11/h4-7,11-13H,2-3,8-9H2,1H3/t11-,12+,13+/m0/s1. The first-order valence-electron chi connectivity index (χ1n) is 8.00. The van der Waals surface area contributed by atoms with Gasteiger partial charge in [-0.05, 0) is 31.4 Å². The summed E-state index contributed by atoms with van der Waals surface area (Å²) in [6.45, 7) is 0.226. The van der Waals surface area contributed by atoms with Crippen molar-refractivity contribution in [3.05, 3.63) is 24.5 Å². The molecule has 3 aliphatic heterocycles. The van der Waals surface area contributed by atoms with Gasteiger partial charge in [0.25, 0.3) is 0 Å². The topological polar surface area (TPSA) is 54.7 Å². The van der Waals surface area contributed by atoms with Crippen LogP contribution in [0, 0.1) is 0 Å². The van der Waals surface area contributed by atoms with Gasteiger partial charge in [0, 0.05) is 18.0 Å². The predicted octanol–water partition coefficient (Wildman–Crippen LogP) is 2.78. The number of nitrogens with zero attached hydrogens (tertiary/aromatic N) is 2. The van der Waals surface area contributed by atoms with E-state index >= 15 is 0 Å². The fourth-order valence-corrected chi connectivity index (χ4v) is 3.97. The minimum atomic E-state index is 0.226. The Morgan fingerprint density at radius 3 is 3.00 bits per heavy atom. The van der Waals surface area contributed by atoms with Crippen molar-refractivity contribution in [2.75, 3.05) is 13.9 Å². The number of ether oxygens (including phenoxy) is 4. The minimum absolute atomic E-state index is 0.226. The number of benzene rings is 1. The molecule has 0 N–H and O–H groups in total. The number of imidazole rings is 1. The monoisotopic (exact) mass is 314 g/mol. The van der Waals surface area contributed by atoms with Crippen LogP contribution in [0.4, 0.5) is 0 Å². The van der Waals surface area contributed by atoms with Gasteiger partial charge in [0.15, 0.2) is 11.5 Å². The first-order chi connectivity index (χ1) is 11.3. The molecule has 0 spiro atoms. The lowest BCUT2D eigenvalue weighted by Gasteiger charge is -2.22. The van der Waals surface area contributed by atoms with Crippen LogP contribution in [0.15, 0.2) is 24.5 Å². The van der Waals surface area contributed by atoms with Crippen molar-refractivity contribution in [2.24, 2.45) is 0 Å². The molecule has 6 heteroatoms. The Morgan fingerprint density at radius 1 is 1.26 bits per heavy atom. The average Bonchev–Trinajstić information content (AvgIpc) is 3.35. The van der Waals surface area contributed by atoms with Crippen LogP contribution in [0.25, 0.3) is 11.4 Å². The molecule has 2 aromatic rings. The van der Waals surface area contributed by atoms with Crippen molar-refractivity contribution in [2.45, 2.75) is 37.5 Å². The molecule has 0 saturated carbocycles. The van der Waals surface area contributed by atoms with Crippen LogP contribution >= 0.6 is 0 Å². The zero-order valence-corrected chi connectivity index (χ0v) is 12.9. The molecule has 1 aromatic heterocycles.